The summed E-state index contributed by atoms with van der Waals surface area (Å²) in [6.07, 6.45) is 2.38. The summed E-state index contributed by atoms with van der Waals surface area (Å²) in [5.41, 5.74) is 4.25. The number of aryl methyl sites for hydroxylation is 2. The lowest BCUT2D eigenvalue weighted by molar-refractivity contribution is -0.157. The highest BCUT2D eigenvalue weighted by atomic mass is 32.1. The average molecular weight is 410 g/mol. The third-order valence-electron chi connectivity index (χ3n) is 4.83. The predicted octanol–water partition coefficient (Wildman–Crippen LogP) is 3.87. The van der Waals surface area contributed by atoms with E-state index in [0.717, 1.165) is 40.2 Å². The van der Waals surface area contributed by atoms with E-state index in [1.165, 1.54) is 22.5 Å². The van der Waals surface area contributed by atoms with E-state index in [1.807, 2.05) is 42.5 Å². The number of thiazole rings is 1. The zero-order valence-corrected chi connectivity index (χ0v) is 17.0. The minimum Gasteiger partial charge on any atom is -0.451 e. The van der Waals surface area contributed by atoms with Crippen LogP contribution in [0.2, 0.25) is 0 Å². The van der Waals surface area contributed by atoms with E-state index in [-0.39, 0.29) is 19.1 Å². The molecule has 1 atom stereocenters. The molecule has 1 amide bonds. The van der Waals surface area contributed by atoms with Crippen molar-refractivity contribution in [2.75, 3.05) is 11.9 Å². The van der Waals surface area contributed by atoms with E-state index in [1.54, 1.807) is 6.92 Å². The number of esters is 1. The van der Waals surface area contributed by atoms with Gasteiger partial charge in [0.25, 0.3) is 5.91 Å². The lowest BCUT2D eigenvalue weighted by atomic mass is 10.1. The van der Waals surface area contributed by atoms with Gasteiger partial charge in [-0.15, -0.1) is 11.3 Å². The molecule has 0 saturated carbocycles. The third-order valence-corrected chi connectivity index (χ3v) is 5.84. The number of ether oxygens (including phenoxy) is 2. The molecule has 2 aromatic carbocycles. The second-order valence-corrected chi connectivity index (χ2v) is 8.14. The maximum absolute atomic E-state index is 12.3. The Labute approximate surface area is 172 Å². The Balaban J connectivity index is 1.22. The molecular weight excluding hydrogens is 388 g/mol. The summed E-state index contributed by atoms with van der Waals surface area (Å²) < 4.78 is 11.7. The molecule has 0 aliphatic heterocycles. The quantitative estimate of drug-likeness (QED) is 0.598. The molecule has 0 radical (unpaired) electrons. The van der Waals surface area contributed by atoms with E-state index < -0.39 is 12.1 Å². The van der Waals surface area contributed by atoms with Crippen LogP contribution in [0.25, 0.3) is 10.2 Å². The topological polar surface area (TPSA) is 77.5 Å². The Morgan fingerprint density at radius 1 is 1.17 bits per heavy atom. The second-order valence-electron chi connectivity index (χ2n) is 7.03. The number of fused-ring (bicyclic) bond motifs is 2. The molecule has 0 bridgehead atoms. The normalized spacial score (nSPS) is 13.8. The fraction of sp³-hybridized carbons (Fsp3) is 0.318. The maximum Gasteiger partial charge on any atom is 0.332 e. The number of hydrogen-bond acceptors (Lipinski definition) is 6. The van der Waals surface area contributed by atoms with Crippen molar-refractivity contribution in [3.05, 3.63) is 58.6 Å². The van der Waals surface area contributed by atoms with E-state index in [4.69, 9.17) is 9.47 Å². The van der Waals surface area contributed by atoms with Crippen LogP contribution in [-0.2, 0) is 38.5 Å². The lowest BCUT2D eigenvalue weighted by Gasteiger charge is -2.14. The molecule has 7 heteroatoms. The molecule has 0 spiro atoms. The SMILES string of the molecule is C[C@H](OC(=O)COCc1nc2ccccc2s1)C(=O)Nc1ccc2c(c1)CCC2. The summed E-state index contributed by atoms with van der Waals surface area (Å²) in [7, 11) is 0. The Hall–Kier alpha value is -2.77. The number of anilines is 1. The Morgan fingerprint density at radius 2 is 2.00 bits per heavy atom. The van der Waals surface area contributed by atoms with E-state index >= 15 is 0 Å². The first-order valence-electron chi connectivity index (χ1n) is 9.63. The van der Waals surface area contributed by atoms with Gasteiger partial charge in [-0.2, -0.15) is 0 Å². The van der Waals surface area contributed by atoms with Gasteiger partial charge >= 0.3 is 5.97 Å². The van der Waals surface area contributed by atoms with Gasteiger partial charge in [-0.1, -0.05) is 18.2 Å². The van der Waals surface area contributed by atoms with Gasteiger partial charge in [0.1, 0.15) is 11.6 Å². The number of hydrogen-bond donors (Lipinski definition) is 1. The smallest absolute Gasteiger partial charge is 0.332 e. The number of carbonyl (C=O) groups excluding carboxylic acids is 2. The third kappa shape index (κ3) is 4.81. The summed E-state index contributed by atoms with van der Waals surface area (Å²) >= 11 is 1.52. The summed E-state index contributed by atoms with van der Waals surface area (Å²) in [5, 5.41) is 3.60. The van der Waals surface area contributed by atoms with Crippen LogP contribution in [0, 0.1) is 0 Å². The van der Waals surface area contributed by atoms with Crippen molar-refractivity contribution in [3.8, 4) is 0 Å². The molecule has 0 saturated heterocycles. The number of nitrogens with one attached hydrogen (secondary N) is 1. The zero-order valence-electron chi connectivity index (χ0n) is 16.1. The first-order chi connectivity index (χ1) is 14.1. The molecule has 3 aromatic rings. The summed E-state index contributed by atoms with van der Waals surface area (Å²) in [5.74, 6) is -0.940. The molecule has 6 nitrogen and oxygen atoms in total. The molecule has 29 heavy (non-hydrogen) atoms. The van der Waals surface area contributed by atoms with Gasteiger partial charge in [-0.25, -0.2) is 9.78 Å². The zero-order chi connectivity index (χ0) is 20.2. The fourth-order valence-electron chi connectivity index (χ4n) is 3.38. The van der Waals surface area contributed by atoms with Gasteiger partial charge < -0.3 is 14.8 Å². The molecule has 1 heterocycles. The van der Waals surface area contributed by atoms with Crippen LogP contribution in [0.4, 0.5) is 5.69 Å². The van der Waals surface area contributed by atoms with Crippen molar-refractivity contribution >= 4 is 39.1 Å². The van der Waals surface area contributed by atoms with E-state index in [9.17, 15) is 9.59 Å². The van der Waals surface area contributed by atoms with Gasteiger partial charge in [0.2, 0.25) is 0 Å². The first kappa shape index (κ1) is 19.5. The number of para-hydroxylation sites is 1. The molecule has 1 aliphatic carbocycles. The van der Waals surface area contributed by atoms with Crippen LogP contribution >= 0.6 is 11.3 Å². The van der Waals surface area contributed by atoms with Crippen molar-refractivity contribution in [1.82, 2.24) is 4.98 Å². The number of benzene rings is 2. The van der Waals surface area contributed by atoms with Crippen LogP contribution in [0.1, 0.15) is 29.5 Å². The Kier molecular flexibility index (Phi) is 5.87. The molecule has 150 valence electrons. The average Bonchev–Trinajstić information content (AvgIpc) is 3.33. The standard InChI is InChI=1S/C22H22N2O4S/c1-14(22(26)23-17-10-9-15-5-4-6-16(15)11-17)28-21(25)13-27-12-20-24-18-7-2-3-8-19(18)29-20/h2-3,7-11,14H,4-6,12-13H2,1H3,(H,23,26)/t14-/m0/s1. The number of nitrogens with zero attached hydrogens (tertiary/aromatic N) is 1. The first-order valence-corrected chi connectivity index (χ1v) is 10.4. The molecule has 1 aliphatic rings. The molecule has 1 aromatic heterocycles. The van der Waals surface area contributed by atoms with Crippen LogP contribution < -0.4 is 5.32 Å². The van der Waals surface area contributed by atoms with Gasteiger partial charge in [0, 0.05) is 5.69 Å². The van der Waals surface area contributed by atoms with Gasteiger partial charge in [0.05, 0.1) is 16.8 Å². The molecule has 4 rings (SSSR count). The van der Waals surface area contributed by atoms with Crippen LogP contribution in [0.3, 0.4) is 0 Å². The molecule has 1 N–H and O–H groups in total. The highest BCUT2D eigenvalue weighted by Gasteiger charge is 2.19. The minimum absolute atomic E-state index is 0.226. The van der Waals surface area contributed by atoms with Crippen molar-refractivity contribution in [3.63, 3.8) is 0 Å². The molecule has 0 fully saturated rings. The summed E-state index contributed by atoms with van der Waals surface area (Å²) in [6.45, 7) is 1.55. The van der Waals surface area contributed by atoms with Gasteiger partial charge in [-0.05, 0) is 61.6 Å². The van der Waals surface area contributed by atoms with Crippen molar-refractivity contribution < 1.29 is 19.1 Å². The maximum atomic E-state index is 12.3. The second kappa shape index (κ2) is 8.71. The van der Waals surface area contributed by atoms with E-state index in [2.05, 4.69) is 10.3 Å². The van der Waals surface area contributed by atoms with Crippen LogP contribution in [-0.4, -0.2) is 29.6 Å². The van der Waals surface area contributed by atoms with Crippen molar-refractivity contribution in [1.29, 1.82) is 0 Å². The van der Waals surface area contributed by atoms with Gasteiger partial charge in [0.15, 0.2) is 6.10 Å². The highest BCUT2D eigenvalue weighted by Crippen LogP contribution is 2.25. The van der Waals surface area contributed by atoms with Crippen LogP contribution in [0.5, 0.6) is 0 Å². The Morgan fingerprint density at radius 3 is 2.86 bits per heavy atom. The summed E-state index contributed by atoms with van der Waals surface area (Å²) in [6, 6.07) is 13.7. The van der Waals surface area contributed by atoms with E-state index in [0.29, 0.717) is 0 Å². The largest absolute Gasteiger partial charge is 0.451 e. The lowest BCUT2D eigenvalue weighted by Crippen LogP contribution is -2.31. The number of rotatable bonds is 7. The number of aromatic nitrogens is 1. The minimum atomic E-state index is -0.901. The predicted molar refractivity (Wildman–Crippen MR) is 112 cm³/mol. The van der Waals surface area contributed by atoms with Crippen molar-refractivity contribution in [2.45, 2.75) is 38.9 Å². The molecular formula is C22H22N2O4S. The highest BCUT2D eigenvalue weighted by molar-refractivity contribution is 7.18. The summed E-state index contributed by atoms with van der Waals surface area (Å²) in [4.78, 5) is 28.7. The van der Waals surface area contributed by atoms with Crippen LogP contribution in [0.15, 0.2) is 42.5 Å². The molecule has 0 unspecified atom stereocenters. The number of carbonyl (C=O) groups is 2. The Bertz CT molecular complexity index is 1010. The van der Waals surface area contributed by atoms with Gasteiger partial charge in [-0.3, -0.25) is 4.79 Å². The van der Waals surface area contributed by atoms with Crippen molar-refractivity contribution in [2.24, 2.45) is 0 Å². The monoisotopic (exact) mass is 410 g/mol. The fourth-order valence-corrected chi connectivity index (χ4v) is 4.29. The number of amides is 1.